The van der Waals surface area contributed by atoms with Crippen molar-refractivity contribution in [3.8, 4) is 22.6 Å². The lowest BCUT2D eigenvalue weighted by Crippen LogP contribution is -2.51. The monoisotopic (exact) mass is 642 g/mol. The Bertz CT molecular complexity index is 1560. The number of carbonyl (C=O) groups excluding carboxylic acids is 1. The van der Waals surface area contributed by atoms with Gasteiger partial charge in [-0.1, -0.05) is 45.7 Å². The number of esters is 1. The minimum atomic E-state index is -5.00. The Morgan fingerprint density at radius 3 is 2.33 bits per heavy atom. The summed E-state index contributed by atoms with van der Waals surface area (Å²) in [5, 5.41) is 0.299. The standard InChI is InChI=1S/C33H36F6O6/c1-5-6-7-8-20-9-12-23(26(16-20)45-33(37,38)39)24-17-21-10-11-22(18-25(21)43-30(24)41)42-27-13-14-28(31(27,4)32(34,35)36)44-29(40)15-19(2)3/h9-12,16-19,27-28H,5-8,13-15H2,1-4H3. The Morgan fingerprint density at radius 2 is 1.69 bits per heavy atom. The zero-order chi connectivity index (χ0) is 33.2. The molecule has 0 saturated heterocycles. The van der Waals surface area contributed by atoms with Crippen molar-refractivity contribution in [2.24, 2.45) is 11.3 Å². The van der Waals surface area contributed by atoms with Gasteiger partial charge in [-0.3, -0.25) is 4.79 Å². The average Bonchev–Trinajstić information content (AvgIpc) is 3.23. The van der Waals surface area contributed by atoms with Crippen molar-refractivity contribution in [2.75, 3.05) is 0 Å². The van der Waals surface area contributed by atoms with Crippen molar-refractivity contribution in [2.45, 2.75) is 97.4 Å². The molecule has 3 atom stereocenters. The van der Waals surface area contributed by atoms with E-state index in [-0.39, 0.29) is 47.6 Å². The van der Waals surface area contributed by atoms with Crippen LogP contribution < -0.4 is 15.1 Å². The van der Waals surface area contributed by atoms with E-state index in [2.05, 4.69) is 4.74 Å². The Morgan fingerprint density at radius 1 is 0.978 bits per heavy atom. The molecule has 1 aliphatic rings. The van der Waals surface area contributed by atoms with Crippen LogP contribution in [-0.2, 0) is 16.0 Å². The molecule has 1 fully saturated rings. The zero-order valence-corrected chi connectivity index (χ0v) is 25.4. The first-order valence-electron chi connectivity index (χ1n) is 14.9. The molecule has 246 valence electrons. The third kappa shape index (κ3) is 7.94. The number of ether oxygens (including phenoxy) is 3. The van der Waals surface area contributed by atoms with Crippen LogP contribution in [0.2, 0.25) is 0 Å². The van der Waals surface area contributed by atoms with E-state index in [1.165, 1.54) is 36.4 Å². The number of aryl methyl sites for hydroxylation is 1. The maximum Gasteiger partial charge on any atom is 0.573 e. The van der Waals surface area contributed by atoms with Crippen LogP contribution in [-0.4, -0.2) is 30.7 Å². The van der Waals surface area contributed by atoms with Gasteiger partial charge >= 0.3 is 24.1 Å². The molecule has 1 aliphatic carbocycles. The third-order valence-corrected chi connectivity index (χ3v) is 8.10. The summed E-state index contributed by atoms with van der Waals surface area (Å²) in [6.45, 7) is 6.48. The smallest absolute Gasteiger partial charge is 0.489 e. The average molecular weight is 643 g/mol. The van der Waals surface area contributed by atoms with Gasteiger partial charge in [-0.05, 0) is 68.4 Å². The lowest BCUT2D eigenvalue weighted by Gasteiger charge is -2.37. The first-order chi connectivity index (χ1) is 21.0. The molecule has 1 saturated carbocycles. The molecule has 0 N–H and O–H groups in total. The summed E-state index contributed by atoms with van der Waals surface area (Å²) in [4.78, 5) is 25.2. The first kappa shape index (κ1) is 34.2. The largest absolute Gasteiger partial charge is 0.573 e. The van der Waals surface area contributed by atoms with E-state index < -0.39 is 47.5 Å². The summed E-state index contributed by atoms with van der Waals surface area (Å²) in [6.07, 6.45) is -9.60. The lowest BCUT2D eigenvalue weighted by atomic mass is 9.83. The van der Waals surface area contributed by atoms with Gasteiger partial charge < -0.3 is 18.6 Å². The third-order valence-electron chi connectivity index (χ3n) is 8.10. The zero-order valence-electron chi connectivity index (χ0n) is 25.4. The molecule has 3 unspecified atom stereocenters. The Balaban J connectivity index is 1.63. The second kappa shape index (κ2) is 13.3. The van der Waals surface area contributed by atoms with Crippen molar-refractivity contribution in [1.82, 2.24) is 0 Å². The molecule has 0 spiro atoms. The van der Waals surface area contributed by atoms with Crippen LogP contribution in [0.1, 0.15) is 71.8 Å². The molecule has 6 nitrogen and oxygen atoms in total. The summed E-state index contributed by atoms with van der Waals surface area (Å²) in [5.41, 5.74) is -3.19. The molecule has 0 radical (unpaired) electrons. The van der Waals surface area contributed by atoms with E-state index in [1.807, 2.05) is 6.92 Å². The van der Waals surface area contributed by atoms with E-state index in [1.54, 1.807) is 19.9 Å². The predicted molar refractivity (Wildman–Crippen MR) is 155 cm³/mol. The lowest BCUT2D eigenvalue weighted by molar-refractivity contribution is -0.274. The molecule has 12 heteroatoms. The Hall–Kier alpha value is -3.70. The van der Waals surface area contributed by atoms with Gasteiger partial charge in [0.05, 0.1) is 5.56 Å². The van der Waals surface area contributed by atoms with Crippen molar-refractivity contribution < 1.29 is 49.8 Å². The summed E-state index contributed by atoms with van der Waals surface area (Å²) < 4.78 is 104. The summed E-state index contributed by atoms with van der Waals surface area (Å²) in [6, 6.07) is 9.65. The van der Waals surface area contributed by atoms with Crippen LogP contribution in [0.3, 0.4) is 0 Å². The highest BCUT2D eigenvalue weighted by Crippen LogP contribution is 2.53. The second-order valence-corrected chi connectivity index (χ2v) is 12.0. The molecule has 4 rings (SSSR count). The van der Waals surface area contributed by atoms with Crippen LogP contribution in [0.25, 0.3) is 22.1 Å². The van der Waals surface area contributed by atoms with Gasteiger partial charge in [-0.15, -0.1) is 13.2 Å². The van der Waals surface area contributed by atoms with Crippen LogP contribution in [0.4, 0.5) is 26.3 Å². The van der Waals surface area contributed by atoms with E-state index in [0.29, 0.717) is 17.4 Å². The van der Waals surface area contributed by atoms with Gasteiger partial charge in [-0.2, -0.15) is 13.2 Å². The minimum absolute atomic E-state index is 0.0193. The molecule has 1 heterocycles. The fraction of sp³-hybridized carbons (Fsp3) is 0.515. The van der Waals surface area contributed by atoms with Crippen molar-refractivity contribution >= 4 is 16.9 Å². The van der Waals surface area contributed by atoms with Crippen molar-refractivity contribution in [3.05, 3.63) is 58.4 Å². The van der Waals surface area contributed by atoms with Gasteiger partial charge in [0.2, 0.25) is 0 Å². The minimum Gasteiger partial charge on any atom is -0.489 e. The quantitative estimate of drug-likeness (QED) is 0.0899. The highest BCUT2D eigenvalue weighted by atomic mass is 19.4. The Kier molecular flexibility index (Phi) is 10.1. The number of fused-ring (bicyclic) bond motifs is 1. The topological polar surface area (TPSA) is 75.0 Å². The van der Waals surface area contributed by atoms with E-state index in [4.69, 9.17) is 13.9 Å². The normalized spacial score (nSPS) is 20.5. The first-order valence-corrected chi connectivity index (χ1v) is 14.9. The van der Waals surface area contributed by atoms with Crippen LogP contribution in [0, 0.1) is 11.3 Å². The van der Waals surface area contributed by atoms with Gasteiger partial charge in [-0.25, -0.2) is 4.79 Å². The number of hydrogen-bond acceptors (Lipinski definition) is 6. The van der Waals surface area contributed by atoms with E-state index >= 15 is 0 Å². The number of alkyl halides is 6. The number of unbranched alkanes of at least 4 members (excludes halogenated alkanes) is 2. The predicted octanol–water partition coefficient (Wildman–Crippen LogP) is 9.16. The molecule has 0 bridgehead atoms. The highest BCUT2D eigenvalue weighted by molar-refractivity contribution is 5.84. The molecule has 0 amide bonds. The maximum atomic E-state index is 14.4. The molecular weight excluding hydrogens is 606 g/mol. The number of benzene rings is 2. The molecule has 2 aromatic carbocycles. The number of rotatable bonds is 11. The fourth-order valence-corrected chi connectivity index (χ4v) is 5.63. The summed E-state index contributed by atoms with van der Waals surface area (Å²) in [5.74, 6) is -1.37. The summed E-state index contributed by atoms with van der Waals surface area (Å²) in [7, 11) is 0. The highest BCUT2D eigenvalue weighted by Gasteiger charge is 2.66. The summed E-state index contributed by atoms with van der Waals surface area (Å²) >= 11 is 0. The second-order valence-electron chi connectivity index (χ2n) is 12.0. The SMILES string of the molecule is CCCCCc1ccc(-c2cc3ccc(OC4CCC(OC(=O)CC(C)C)C4(C)C(F)(F)F)cc3oc2=O)c(OC(F)(F)F)c1. The molecule has 0 aliphatic heterocycles. The van der Waals surface area contributed by atoms with Gasteiger partial charge in [0.1, 0.15) is 34.7 Å². The molecule has 1 aromatic heterocycles. The van der Waals surface area contributed by atoms with Crippen LogP contribution >= 0.6 is 0 Å². The van der Waals surface area contributed by atoms with E-state index in [9.17, 15) is 35.9 Å². The molecule has 45 heavy (non-hydrogen) atoms. The van der Waals surface area contributed by atoms with Gasteiger partial charge in [0, 0.05) is 23.4 Å². The number of hydrogen-bond donors (Lipinski definition) is 0. The fourth-order valence-electron chi connectivity index (χ4n) is 5.63. The van der Waals surface area contributed by atoms with Crippen LogP contribution in [0.5, 0.6) is 11.5 Å². The number of carbonyl (C=O) groups is 1. The van der Waals surface area contributed by atoms with Gasteiger partial charge in [0.25, 0.3) is 0 Å². The Labute approximate surface area is 256 Å². The van der Waals surface area contributed by atoms with Crippen molar-refractivity contribution in [1.29, 1.82) is 0 Å². The molecule has 3 aromatic rings. The maximum absolute atomic E-state index is 14.4. The van der Waals surface area contributed by atoms with Crippen LogP contribution in [0.15, 0.2) is 51.7 Å². The molecular formula is C33H36F6O6. The van der Waals surface area contributed by atoms with E-state index in [0.717, 1.165) is 26.2 Å². The number of halogens is 6. The van der Waals surface area contributed by atoms with Crippen molar-refractivity contribution in [3.63, 3.8) is 0 Å². The van der Waals surface area contributed by atoms with Gasteiger partial charge in [0.15, 0.2) is 0 Å².